The summed E-state index contributed by atoms with van der Waals surface area (Å²) in [5.41, 5.74) is 18.8. The van der Waals surface area contributed by atoms with E-state index in [9.17, 15) is 40.8 Å². The lowest BCUT2D eigenvalue weighted by Crippen LogP contribution is -2.55. The molecule has 96 heavy (non-hydrogen) atoms. The standard InChI is InChI=1S/C37H41N5O7S.C35H39N5O5S/c1-27(43)49-41-35(38)32-20-17-29(18-21-32)23-39-36(44)33(22-19-28-11-5-2-6-12-28)40-37(45)34(25-48-24-30-13-7-3-8-14-30)42-50(46,47)26-31-15-9-4-10-16-31;36-33(37)30-19-16-27(17-20-30)22-38-34(41)31(21-18-26-10-4-1-5-11-26)39-35(42)32(24-45-23-28-12-6-2-7-13-28)40-46(43,44)25-29-14-8-3-9-15-29/h2-18,20-21,33-34,42H,19,22-26H2,1H3,(H2,38,41)(H,39,44)(H,40,45);1-17,19-20,31-32,40H,18,21-25H2,(H3,36,37)(H,38,41)(H,39,42)/t33-,34+;31-,32+/m00/s1. The fourth-order valence-electron chi connectivity index (χ4n) is 9.55. The van der Waals surface area contributed by atoms with Crippen molar-refractivity contribution in [3.63, 3.8) is 0 Å². The highest BCUT2D eigenvalue weighted by Gasteiger charge is 2.31. The van der Waals surface area contributed by atoms with Gasteiger partial charge in [-0.25, -0.2) is 31.1 Å². The van der Waals surface area contributed by atoms with Gasteiger partial charge in [0.05, 0.1) is 37.9 Å². The minimum absolute atomic E-state index is 0.0150. The topological polar surface area (TPSA) is 342 Å². The van der Waals surface area contributed by atoms with Crippen molar-refractivity contribution in [3.8, 4) is 0 Å². The van der Waals surface area contributed by atoms with E-state index in [1.807, 2.05) is 121 Å². The monoisotopic (exact) mass is 1340 g/mol. The van der Waals surface area contributed by atoms with Crippen LogP contribution in [0.25, 0.3) is 0 Å². The Morgan fingerprint density at radius 3 is 1.07 bits per heavy atom. The number of amidine groups is 2. The first-order valence-corrected chi connectivity index (χ1v) is 34.2. The van der Waals surface area contributed by atoms with Gasteiger partial charge in [-0.1, -0.05) is 236 Å². The molecule has 502 valence electrons. The number of sulfonamides is 2. The van der Waals surface area contributed by atoms with E-state index >= 15 is 0 Å². The molecule has 24 heteroatoms. The Bertz CT molecular complexity index is 4020. The van der Waals surface area contributed by atoms with Crippen molar-refractivity contribution in [2.45, 2.75) is 94.6 Å². The Kier molecular flexibility index (Phi) is 29.1. The Hall–Kier alpha value is -10.2. The summed E-state index contributed by atoms with van der Waals surface area (Å²) in [6.07, 6.45) is 1.50. The first kappa shape index (κ1) is 73.2. The summed E-state index contributed by atoms with van der Waals surface area (Å²) in [4.78, 5) is 70.0. The maximum atomic E-state index is 13.8. The molecule has 0 aliphatic rings. The minimum atomic E-state index is -3.98. The predicted octanol–water partition coefficient (Wildman–Crippen LogP) is 6.72. The molecule has 8 aromatic rings. The zero-order valence-corrected chi connectivity index (χ0v) is 54.7. The SMILES string of the molecule is CC(=O)O/N=C(\N)c1ccc(CNC(=O)[C@H](CCc2ccccc2)NC(=O)[C@@H](COCc2ccccc2)NS(=O)(=O)Cc2ccccc2)cc1.N=C(N)c1ccc(CNC(=O)[C@H](CCc2ccccc2)NC(=O)[C@@H](COCc2ccccc2)NS(=O)(=O)Cc2ccccc2)cc1. The van der Waals surface area contributed by atoms with Crippen molar-refractivity contribution in [2.75, 3.05) is 13.2 Å². The number of nitrogens with zero attached hydrogens (tertiary/aromatic N) is 1. The van der Waals surface area contributed by atoms with Crippen molar-refractivity contribution >= 4 is 61.3 Å². The lowest BCUT2D eigenvalue weighted by Gasteiger charge is -2.23. The largest absolute Gasteiger partial charge is 0.384 e. The normalized spacial score (nSPS) is 12.7. The number of hydrogen-bond donors (Lipinski definition) is 9. The fraction of sp³-hybridized carbons (Fsp3) is 0.236. The number of ether oxygens (including phenoxy) is 2. The lowest BCUT2D eigenvalue weighted by molar-refractivity contribution is -0.141. The third-order valence-electron chi connectivity index (χ3n) is 14.6. The minimum Gasteiger partial charge on any atom is -0.384 e. The second kappa shape index (κ2) is 38.2. The molecule has 0 aliphatic heterocycles. The van der Waals surface area contributed by atoms with E-state index in [0.717, 1.165) is 33.4 Å². The molecule has 0 aliphatic carbocycles. The number of carbonyl (C=O) groups excluding carboxylic acids is 5. The van der Waals surface area contributed by atoms with E-state index in [2.05, 4.69) is 40.7 Å². The van der Waals surface area contributed by atoms with E-state index in [-0.39, 0.29) is 75.5 Å². The van der Waals surface area contributed by atoms with Gasteiger partial charge in [-0.2, -0.15) is 0 Å². The van der Waals surface area contributed by atoms with E-state index in [4.69, 9.17) is 26.4 Å². The molecular weight excluding hydrogens is 1260 g/mol. The number of benzene rings is 8. The number of carbonyl (C=O) groups is 5. The van der Waals surface area contributed by atoms with Crippen molar-refractivity contribution in [1.82, 2.24) is 30.7 Å². The molecule has 0 aromatic heterocycles. The summed E-state index contributed by atoms with van der Waals surface area (Å²) in [5.74, 6) is -3.55. The Morgan fingerprint density at radius 1 is 0.417 bits per heavy atom. The third-order valence-corrected chi connectivity index (χ3v) is 17.3. The van der Waals surface area contributed by atoms with Gasteiger partial charge in [0.15, 0.2) is 5.84 Å². The first-order chi connectivity index (χ1) is 46.3. The highest BCUT2D eigenvalue weighted by Crippen LogP contribution is 2.14. The number of hydrogen-bond acceptors (Lipinski definition) is 14. The third kappa shape index (κ3) is 26.7. The molecule has 0 radical (unpaired) electrons. The molecule has 22 nitrogen and oxygen atoms in total. The van der Waals surface area contributed by atoms with Gasteiger partial charge in [0.25, 0.3) is 0 Å². The van der Waals surface area contributed by atoms with Gasteiger partial charge in [0, 0.05) is 31.1 Å². The number of rotatable bonds is 35. The predicted molar refractivity (Wildman–Crippen MR) is 368 cm³/mol. The summed E-state index contributed by atoms with van der Waals surface area (Å²) in [6, 6.07) is 64.1. The van der Waals surface area contributed by atoms with Gasteiger partial charge >= 0.3 is 5.97 Å². The van der Waals surface area contributed by atoms with Crippen LogP contribution >= 0.6 is 0 Å². The Balaban J connectivity index is 0.000000272. The number of nitrogens with one attached hydrogen (secondary N) is 7. The van der Waals surface area contributed by atoms with Crippen LogP contribution in [0.1, 0.15) is 75.4 Å². The molecule has 4 atom stereocenters. The summed E-state index contributed by atoms with van der Waals surface area (Å²) in [5, 5.41) is 22.4. The van der Waals surface area contributed by atoms with E-state index < -0.39 is 73.8 Å². The molecule has 0 bridgehead atoms. The Labute approximate surface area is 560 Å². The van der Waals surface area contributed by atoms with Gasteiger partial charge in [-0.15, -0.1) is 0 Å². The molecule has 11 N–H and O–H groups in total. The molecule has 0 saturated heterocycles. The summed E-state index contributed by atoms with van der Waals surface area (Å²) >= 11 is 0. The molecular formula is C72H80N10O12S2. The van der Waals surface area contributed by atoms with Crippen molar-refractivity contribution < 1.29 is 55.1 Å². The number of oxime groups is 1. The van der Waals surface area contributed by atoms with E-state index in [1.54, 1.807) is 109 Å². The quantitative estimate of drug-likeness (QED) is 0.00862. The molecule has 0 saturated carbocycles. The van der Waals surface area contributed by atoms with Gasteiger partial charge in [0.1, 0.15) is 30.0 Å². The Morgan fingerprint density at radius 2 is 0.740 bits per heavy atom. The van der Waals surface area contributed by atoms with Gasteiger partial charge in [-0.05, 0) is 70.2 Å². The molecule has 0 spiro atoms. The van der Waals surface area contributed by atoms with Crippen molar-refractivity contribution in [2.24, 2.45) is 16.6 Å². The van der Waals surface area contributed by atoms with E-state index in [1.165, 1.54) is 6.92 Å². The fourth-order valence-corrected chi connectivity index (χ4v) is 12.2. The van der Waals surface area contributed by atoms with Crippen LogP contribution in [-0.4, -0.2) is 95.5 Å². The maximum Gasteiger partial charge on any atom is 0.332 e. The second-order valence-corrected chi connectivity index (χ2v) is 25.8. The molecule has 4 amide bonds. The van der Waals surface area contributed by atoms with Crippen LogP contribution in [0.2, 0.25) is 0 Å². The average molecular weight is 1340 g/mol. The summed E-state index contributed by atoms with van der Waals surface area (Å²) in [7, 11) is -7.94. The van der Waals surface area contributed by atoms with Crippen LogP contribution in [0.5, 0.6) is 0 Å². The van der Waals surface area contributed by atoms with Crippen molar-refractivity contribution in [1.29, 1.82) is 5.41 Å². The number of amides is 4. The lowest BCUT2D eigenvalue weighted by atomic mass is 10.0. The van der Waals surface area contributed by atoms with Gasteiger partial charge in [-0.3, -0.25) is 24.6 Å². The van der Waals surface area contributed by atoms with Gasteiger partial charge in [0.2, 0.25) is 43.7 Å². The molecule has 8 rings (SSSR count). The van der Waals surface area contributed by atoms with Crippen LogP contribution in [0.15, 0.2) is 236 Å². The van der Waals surface area contributed by atoms with Crippen molar-refractivity contribution in [3.05, 3.63) is 286 Å². The van der Waals surface area contributed by atoms with Gasteiger partial charge < -0.3 is 47.0 Å². The number of nitrogens with two attached hydrogens (primary N) is 2. The summed E-state index contributed by atoms with van der Waals surface area (Å²) < 4.78 is 69.3. The molecule has 0 unspecified atom stereocenters. The smallest absolute Gasteiger partial charge is 0.332 e. The number of aryl methyl sites for hydroxylation is 2. The highest BCUT2D eigenvalue weighted by molar-refractivity contribution is 7.89. The van der Waals surface area contributed by atoms with E-state index in [0.29, 0.717) is 35.1 Å². The second-order valence-electron chi connectivity index (χ2n) is 22.3. The zero-order chi connectivity index (χ0) is 68.6. The van der Waals surface area contributed by atoms with Crippen LogP contribution in [0, 0.1) is 5.41 Å². The van der Waals surface area contributed by atoms with Crippen LogP contribution in [-0.2, 0) is 109 Å². The van der Waals surface area contributed by atoms with Crippen LogP contribution < -0.4 is 42.2 Å². The molecule has 0 heterocycles. The molecule has 8 aromatic carbocycles. The number of nitrogen functional groups attached to an aromatic ring is 1. The summed E-state index contributed by atoms with van der Waals surface area (Å²) in [6.45, 7) is 1.34. The average Bonchev–Trinajstić information content (AvgIpc) is 2.75. The zero-order valence-electron chi connectivity index (χ0n) is 53.1. The molecule has 0 fully saturated rings. The van der Waals surface area contributed by atoms with Crippen LogP contribution in [0.3, 0.4) is 0 Å². The maximum absolute atomic E-state index is 13.8. The first-order valence-electron chi connectivity index (χ1n) is 30.9. The highest BCUT2D eigenvalue weighted by atomic mass is 32.2. The van der Waals surface area contributed by atoms with Crippen LogP contribution in [0.4, 0.5) is 0 Å².